The Balaban J connectivity index is 2.20. The van der Waals surface area contributed by atoms with E-state index in [1.807, 2.05) is 37.3 Å². The Kier molecular flexibility index (Phi) is 6.25. The van der Waals surface area contributed by atoms with Crippen LogP contribution in [0.5, 0.6) is 0 Å². The molecule has 0 fully saturated rings. The molecule has 0 saturated heterocycles. The maximum atomic E-state index is 12.6. The molecule has 0 saturated carbocycles. The second-order valence-corrected chi connectivity index (χ2v) is 5.10. The van der Waals surface area contributed by atoms with Crippen molar-refractivity contribution in [3.05, 3.63) is 42.2 Å². The van der Waals surface area contributed by atoms with Crippen LogP contribution in [0.4, 0.5) is 19.3 Å². The Hall–Kier alpha value is -2.48. The lowest BCUT2D eigenvalue weighted by Crippen LogP contribution is -2.40. The average Bonchev–Trinajstić information content (AvgIpc) is 2.97. The van der Waals surface area contributed by atoms with Crippen LogP contribution in [0.25, 0.3) is 5.69 Å². The zero-order valence-electron chi connectivity index (χ0n) is 13.3. The van der Waals surface area contributed by atoms with Gasteiger partial charge in [0.2, 0.25) is 0 Å². The van der Waals surface area contributed by atoms with Gasteiger partial charge in [-0.05, 0) is 18.6 Å². The van der Waals surface area contributed by atoms with Crippen LogP contribution in [0, 0.1) is 0 Å². The molecule has 2 N–H and O–H groups in total. The SMILES string of the molecule is CCc1c(NC(=O)N(CCO)CC(F)F)cnn1-c1ccccc1. The van der Waals surface area contributed by atoms with Crippen LogP contribution in [-0.4, -0.2) is 51.9 Å². The van der Waals surface area contributed by atoms with Gasteiger partial charge in [-0.1, -0.05) is 25.1 Å². The predicted octanol–water partition coefficient (Wildman–Crippen LogP) is 2.53. The second kappa shape index (κ2) is 8.39. The number of benzene rings is 1. The summed E-state index contributed by atoms with van der Waals surface area (Å²) in [5, 5.41) is 15.8. The molecule has 0 aliphatic heterocycles. The number of carbonyl (C=O) groups excluding carboxylic acids is 1. The first-order valence-corrected chi connectivity index (χ1v) is 7.64. The minimum atomic E-state index is -2.67. The van der Waals surface area contributed by atoms with E-state index in [1.54, 1.807) is 4.68 Å². The number of amides is 2. The maximum Gasteiger partial charge on any atom is 0.322 e. The Morgan fingerprint density at radius 2 is 2.08 bits per heavy atom. The monoisotopic (exact) mass is 338 g/mol. The number of hydrogen-bond acceptors (Lipinski definition) is 3. The predicted molar refractivity (Wildman–Crippen MR) is 86.6 cm³/mol. The van der Waals surface area contributed by atoms with E-state index in [-0.39, 0.29) is 13.2 Å². The zero-order valence-corrected chi connectivity index (χ0v) is 13.3. The van der Waals surface area contributed by atoms with Gasteiger partial charge in [-0.25, -0.2) is 18.3 Å². The Morgan fingerprint density at radius 3 is 2.67 bits per heavy atom. The molecule has 0 bridgehead atoms. The molecule has 130 valence electrons. The van der Waals surface area contributed by atoms with Crippen molar-refractivity contribution in [2.45, 2.75) is 19.8 Å². The van der Waals surface area contributed by atoms with Crippen LogP contribution in [-0.2, 0) is 6.42 Å². The summed E-state index contributed by atoms with van der Waals surface area (Å²) in [6.45, 7) is 0.631. The number of nitrogens with zero attached hydrogens (tertiary/aromatic N) is 3. The van der Waals surface area contributed by atoms with E-state index in [4.69, 9.17) is 5.11 Å². The van der Waals surface area contributed by atoms with Crippen molar-refractivity contribution in [3.8, 4) is 5.69 Å². The molecule has 1 aromatic carbocycles. The number of urea groups is 1. The largest absolute Gasteiger partial charge is 0.395 e. The molecule has 1 heterocycles. The molecular formula is C16H20F2N4O2. The molecule has 2 aromatic rings. The summed E-state index contributed by atoms with van der Waals surface area (Å²) in [6, 6.07) is 8.71. The number of hydrogen-bond donors (Lipinski definition) is 2. The molecule has 0 radical (unpaired) electrons. The minimum Gasteiger partial charge on any atom is -0.395 e. The molecule has 0 aliphatic carbocycles. The van der Waals surface area contributed by atoms with Crippen molar-refractivity contribution in [2.24, 2.45) is 0 Å². The smallest absolute Gasteiger partial charge is 0.322 e. The molecule has 8 heteroatoms. The highest BCUT2D eigenvalue weighted by Gasteiger charge is 2.20. The Labute approximate surface area is 138 Å². The molecule has 1 aromatic heterocycles. The average molecular weight is 338 g/mol. The summed E-state index contributed by atoms with van der Waals surface area (Å²) in [5.74, 6) is 0. The molecule has 0 spiro atoms. The fourth-order valence-corrected chi connectivity index (χ4v) is 2.37. The van der Waals surface area contributed by atoms with E-state index < -0.39 is 19.0 Å². The number of alkyl halides is 2. The van der Waals surface area contributed by atoms with Gasteiger partial charge in [0.1, 0.15) is 0 Å². The normalized spacial score (nSPS) is 10.9. The Morgan fingerprint density at radius 1 is 1.38 bits per heavy atom. The number of carbonyl (C=O) groups is 1. The number of halogens is 2. The number of rotatable bonds is 7. The third-order valence-electron chi connectivity index (χ3n) is 3.46. The molecule has 24 heavy (non-hydrogen) atoms. The van der Waals surface area contributed by atoms with E-state index in [1.165, 1.54) is 6.20 Å². The quantitative estimate of drug-likeness (QED) is 0.815. The fourth-order valence-electron chi connectivity index (χ4n) is 2.37. The number of aliphatic hydroxyl groups is 1. The Bertz CT molecular complexity index is 661. The lowest BCUT2D eigenvalue weighted by molar-refractivity contribution is 0.0943. The van der Waals surface area contributed by atoms with Crippen molar-refractivity contribution in [3.63, 3.8) is 0 Å². The van der Waals surface area contributed by atoms with Gasteiger partial charge in [0, 0.05) is 6.54 Å². The van der Waals surface area contributed by atoms with Crippen molar-refractivity contribution in [1.82, 2.24) is 14.7 Å². The third kappa shape index (κ3) is 4.29. The van der Waals surface area contributed by atoms with Crippen LogP contribution < -0.4 is 5.32 Å². The van der Waals surface area contributed by atoms with E-state index >= 15 is 0 Å². The zero-order chi connectivity index (χ0) is 17.5. The minimum absolute atomic E-state index is 0.162. The van der Waals surface area contributed by atoms with Crippen LogP contribution in [0.15, 0.2) is 36.5 Å². The van der Waals surface area contributed by atoms with E-state index in [2.05, 4.69) is 10.4 Å². The number of aliphatic hydroxyl groups excluding tert-OH is 1. The second-order valence-electron chi connectivity index (χ2n) is 5.10. The van der Waals surface area contributed by atoms with Crippen molar-refractivity contribution in [2.75, 3.05) is 25.0 Å². The summed E-state index contributed by atoms with van der Waals surface area (Å²) < 4.78 is 26.8. The lowest BCUT2D eigenvalue weighted by Gasteiger charge is -2.21. The molecule has 6 nitrogen and oxygen atoms in total. The third-order valence-corrected chi connectivity index (χ3v) is 3.46. The summed E-state index contributed by atoms with van der Waals surface area (Å²) in [5.41, 5.74) is 2.06. The first-order valence-electron chi connectivity index (χ1n) is 7.64. The standard InChI is InChI=1S/C16H20F2N4O2/c1-2-14-13(10-19-22(14)12-6-4-3-5-7-12)20-16(24)21(8-9-23)11-15(17)18/h3-7,10,15,23H,2,8-9,11H2,1H3,(H,20,24). The first-order chi connectivity index (χ1) is 11.6. The number of aromatic nitrogens is 2. The van der Waals surface area contributed by atoms with Gasteiger partial charge in [-0.3, -0.25) is 0 Å². The number of nitrogens with one attached hydrogen (secondary N) is 1. The van der Waals surface area contributed by atoms with Gasteiger partial charge < -0.3 is 15.3 Å². The molecule has 0 atom stereocenters. The van der Waals surface area contributed by atoms with Crippen molar-refractivity contribution < 1.29 is 18.7 Å². The number of anilines is 1. The van der Waals surface area contributed by atoms with Gasteiger partial charge in [0.05, 0.1) is 36.4 Å². The highest BCUT2D eigenvalue weighted by Crippen LogP contribution is 2.20. The van der Waals surface area contributed by atoms with E-state index in [0.29, 0.717) is 12.1 Å². The van der Waals surface area contributed by atoms with Crippen LogP contribution in [0.3, 0.4) is 0 Å². The van der Waals surface area contributed by atoms with E-state index in [0.717, 1.165) is 16.3 Å². The molecule has 0 unspecified atom stereocenters. The van der Waals surface area contributed by atoms with Gasteiger partial charge in [-0.2, -0.15) is 5.10 Å². The fraction of sp³-hybridized carbons (Fsp3) is 0.375. The summed E-state index contributed by atoms with van der Waals surface area (Å²) in [7, 11) is 0. The summed E-state index contributed by atoms with van der Waals surface area (Å²) in [4.78, 5) is 13.1. The molecule has 2 amide bonds. The highest BCUT2D eigenvalue weighted by atomic mass is 19.3. The first kappa shape index (κ1) is 17.9. The van der Waals surface area contributed by atoms with Gasteiger partial charge >= 0.3 is 6.03 Å². The van der Waals surface area contributed by atoms with Gasteiger partial charge in [0.15, 0.2) is 0 Å². The van der Waals surface area contributed by atoms with Crippen LogP contribution in [0.1, 0.15) is 12.6 Å². The van der Waals surface area contributed by atoms with Crippen LogP contribution >= 0.6 is 0 Å². The van der Waals surface area contributed by atoms with Crippen molar-refractivity contribution >= 4 is 11.7 Å². The van der Waals surface area contributed by atoms with Gasteiger partial charge in [0.25, 0.3) is 6.43 Å². The van der Waals surface area contributed by atoms with Gasteiger partial charge in [-0.15, -0.1) is 0 Å². The molecule has 2 rings (SSSR count). The summed E-state index contributed by atoms with van der Waals surface area (Å²) >= 11 is 0. The maximum absolute atomic E-state index is 12.6. The lowest BCUT2D eigenvalue weighted by atomic mass is 10.2. The van der Waals surface area contributed by atoms with Crippen LogP contribution in [0.2, 0.25) is 0 Å². The van der Waals surface area contributed by atoms with E-state index in [9.17, 15) is 13.6 Å². The highest BCUT2D eigenvalue weighted by molar-refractivity contribution is 5.90. The summed E-state index contributed by atoms with van der Waals surface area (Å²) in [6.07, 6.45) is -0.581. The number of para-hydroxylation sites is 1. The molecule has 0 aliphatic rings. The molecular weight excluding hydrogens is 318 g/mol. The topological polar surface area (TPSA) is 70.4 Å². The van der Waals surface area contributed by atoms with Crippen molar-refractivity contribution in [1.29, 1.82) is 0 Å².